The van der Waals surface area contributed by atoms with E-state index in [1.165, 1.54) is 28.8 Å². The second kappa shape index (κ2) is 18.8. The fourth-order valence-electron chi connectivity index (χ4n) is 5.11. The van der Waals surface area contributed by atoms with E-state index >= 15 is 0 Å². The topological polar surface area (TPSA) is 99.0 Å². The number of carbonyl (C=O) groups is 2. The molecule has 9 nitrogen and oxygen atoms in total. The quantitative estimate of drug-likeness (QED) is 0.219. The first-order valence-corrected chi connectivity index (χ1v) is 17.4. The Hall–Kier alpha value is -3.58. The molecule has 0 aromatic heterocycles. The van der Waals surface area contributed by atoms with Crippen LogP contribution in [0.1, 0.15) is 69.9 Å². The van der Waals surface area contributed by atoms with Crippen molar-refractivity contribution in [2.45, 2.75) is 72.1 Å². The lowest BCUT2D eigenvalue weighted by Gasteiger charge is -2.32. The molecule has 2 fully saturated rings. The van der Waals surface area contributed by atoms with Crippen LogP contribution in [0.4, 0.5) is 23.7 Å². The number of nitrogens with one attached hydrogen (secondary N) is 1. The average Bonchev–Trinajstić information content (AvgIpc) is 3.39. The van der Waals surface area contributed by atoms with Crippen molar-refractivity contribution in [3.63, 3.8) is 0 Å². The standard InChI is InChI=1S/C26H37ClN6O2S.C8H7F3O/c1-5-6-12-29-24(28-4)32-14-10-19(11-15-32)9-13-30-25(35)31-26-33(23(34)17-36-26)22-16-20(27)7-8-21(22)18(2)3;1-6-2-4-7(5-3-6)12-8(9,10)11/h7-8,12,16,18-19H,5-6,9-11,13-15,17H2,1-4H3,(H,30,35);2-5H,1H3/b28-24?,29-12-,31-26-;. The first-order chi connectivity index (χ1) is 22.8. The van der Waals surface area contributed by atoms with Gasteiger partial charge in [0.2, 0.25) is 11.9 Å². The third-order valence-electron chi connectivity index (χ3n) is 7.62. The zero-order chi connectivity index (χ0) is 35.3. The van der Waals surface area contributed by atoms with Gasteiger partial charge in [0.25, 0.3) is 0 Å². The van der Waals surface area contributed by atoms with Crippen LogP contribution in [0.5, 0.6) is 5.75 Å². The molecular weight excluding hydrogens is 665 g/mol. The highest BCUT2D eigenvalue weighted by Gasteiger charge is 2.33. The summed E-state index contributed by atoms with van der Waals surface area (Å²) in [6.45, 7) is 10.4. The molecule has 3 amide bonds. The number of urea groups is 1. The predicted molar refractivity (Wildman–Crippen MR) is 190 cm³/mol. The van der Waals surface area contributed by atoms with E-state index in [1.807, 2.05) is 18.3 Å². The number of carbonyl (C=O) groups excluding carboxylic acids is 2. The SMILES string of the molecule is CCC/C=N\C(=NC)N1CCC(CCNC(=O)/N=C2\SCC(=O)N2c2cc(Cl)ccc2C(C)C)CC1.Cc1ccc(OC(F)(F)F)cc1. The molecule has 1 N–H and O–H groups in total. The minimum Gasteiger partial charge on any atom is -0.406 e. The van der Waals surface area contributed by atoms with Crippen LogP contribution in [0.3, 0.4) is 0 Å². The Bertz CT molecular complexity index is 1460. The Kier molecular flexibility index (Phi) is 15.2. The Balaban J connectivity index is 0.000000437. The van der Waals surface area contributed by atoms with Crippen LogP contribution in [-0.4, -0.2) is 73.0 Å². The Morgan fingerprint density at radius 1 is 1.17 bits per heavy atom. The monoisotopic (exact) mass is 708 g/mol. The lowest BCUT2D eigenvalue weighted by molar-refractivity contribution is -0.274. The van der Waals surface area contributed by atoms with E-state index in [-0.39, 0.29) is 23.3 Å². The maximum Gasteiger partial charge on any atom is 0.573 e. The summed E-state index contributed by atoms with van der Waals surface area (Å²) in [5.41, 5.74) is 2.58. The summed E-state index contributed by atoms with van der Waals surface area (Å²) in [6.07, 6.45) is 2.35. The lowest BCUT2D eigenvalue weighted by atomic mass is 9.94. The van der Waals surface area contributed by atoms with Crippen molar-refractivity contribution < 1.29 is 27.5 Å². The maximum atomic E-state index is 12.7. The number of nitrogens with zero attached hydrogens (tertiary/aromatic N) is 5. The number of guanidine groups is 1. The second-order valence-corrected chi connectivity index (χ2v) is 13.1. The van der Waals surface area contributed by atoms with Crippen molar-refractivity contribution in [3.05, 3.63) is 58.6 Å². The molecule has 0 unspecified atom stereocenters. The van der Waals surface area contributed by atoms with E-state index in [0.29, 0.717) is 28.3 Å². The Labute approximate surface area is 290 Å². The molecule has 0 spiro atoms. The third kappa shape index (κ3) is 12.5. The number of aryl methyl sites for hydroxylation is 1. The molecule has 0 atom stereocenters. The molecule has 262 valence electrons. The van der Waals surface area contributed by atoms with Gasteiger partial charge >= 0.3 is 12.4 Å². The van der Waals surface area contributed by atoms with Crippen molar-refractivity contribution >= 4 is 58.3 Å². The number of amidine groups is 1. The second-order valence-electron chi connectivity index (χ2n) is 11.7. The highest BCUT2D eigenvalue weighted by atomic mass is 35.5. The van der Waals surface area contributed by atoms with Gasteiger partial charge in [-0.1, -0.05) is 74.3 Å². The number of alkyl halides is 3. The van der Waals surface area contributed by atoms with Crippen LogP contribution in [0.2, 0.25) is 5.02 Å². The molecule has 2 heterocycles. The van der Waals surface area contributed by atoms with Crippen LogP contribution in [0.25, 0.3) is 0 Å². The van der Waals surface area contributed by atoms with Gasteiger partial charge in [-0.15, -0.1) is 13.2 Å². The first-order valence-electron chi connectivity index (χ1n) is 16.0. The molecule has 2 saturated heterocycles. The van der Waals surface area contributed by atoms with E-state index in [9.17, 15) is 22.8 Å². The molecule has 0 radical (unpaired) electrons. The highest BCUT2D eigenvalue weighted by molar-refractivity contribution is 8.15. The van der Waals surface area contributed by atoms with Gasteiger partial charge in [-0.3, -0.25) is 14.7 Å². The van der Waals surface area contributed by atoms with Crippen LogP contribution < -0.4 is 15.0 Å². The van der Waals surface area contributed by atoms with Crippen LogP contribution in [0, 0.1) is 12.8 Å². The number of thioether (sulfide) groups is 1. The Morgan fingerprint density at radius 2 is 1.85 bits per heavy atom. The fraction of sp³-hybridized carbons (Fsp3) is 0.500. The van der Waals surface area contributed by atoms with Gasteiger partial charge in [-0.25, -0.2) is 9.79 Å². The van der Waals surface area contributed by atoms with Gasteiger partial charge in [-0.2, -0.15) is 4.99 Å². The number of halogens is 4. The van der Waals surface area contributed by atoms with Gasteiger partial charge in [0, 0.05) is 37.9 Å². The maximum absolute atomic E-state index is 12.7. The summed E-state index contributed by atoms with van der Waals surface area (Å²) >= 11 is 7.50. The highest BCUT2D eigenvalue weighted by Crippen LogP contribution is 2.35. The zero-order valence-corrected chi connectivity index (χ0v) is 29.6. The number of aliphatic imine (C=N–C) groups is 3. The molecule has 0 saturated carbocycles. The number of benzene rings is 2. The van der Waals surface area contributed by atoms with Gasteiger partial charge in [-0.05, 0) is 74.3 Å². The minimum atomic E-state index is -4.60. The zero-order valence-electron chi connectivity index (χ0n) is 28.0. The smallest absolute Gasteiger partial charge is 0.406 e. The number of likely N-dealkylation sites (tertiary alicyclic amines) is 1. The van der Waals surface area contributed by atoms with Gasteiger partial charge in [0.1, 0.15) is 5.75 Å². The molecule has 4 rings (SSSR count). The number of ether oxygens (including phenoxy) is 1. The molecule has 48 heavy (non-hydrogen) atoms. The molecule has 2 aromatic carbocycles. The first kappa shape index (κ1) is 38.9. The molecule has 14 heteroatoms. The molecule has 0 aliphatic carbocycles. The summed E-state index contributed by atoms with van der Waals surface area (Å²) in [4.78, 5) is 42.1. The number of unbranched alkanes of at least 4 members (excludes halogenated alkanes) is 1. The molecule has 0 bridgehead atoms. The van der Waals surface area contributed by atoms with Gasteiger partial charge in [0.05, 0.1) is 11.4 Å². The summed E-state index contributed by atoms with van der Waals surface area (Å²) in [7, 11) is 1.79. The van der Waals surface area contributed by atoms with Crippen molar-refractivity contribution in [1.29, 1.82) is 0 Å². The molecular formula is C34H44ClF3N6O3S. The largest absolute Gasteiger partial charge is 0.573 e. The van der Waals surface area contributed by atoms with Gasteiger partial charge < -0.3 is 15.0 Å². The Morgan fingerprint density at radius 3 is 2.46 bits per heavy atom. The van der Waals surface area contributed by atoms with Crippen molar-refractivity contribution in [3.8, 4) is 5.75 Å². The number of hydrogen-bond donors (Lipinski definition) is 1. The minimum absolute atomic E-state index is 0.100. The summed E-state index contributed by atoms with van der Waals surface area (Å²) in [6, 6.07) is 10.8. The third-order valence-corrected chi connectivity index (χ3v) is 8.78. The molecule has 2 aliphatic heterocycles. The number of piperidine rings is 1. The van der Waals surface area contributed by atoms with E-state index in [2.05, 4.69) is 50.7 Å². The van der Waals surface area contributed by atoms with Gasteiger partial charge in [0.15, 0.2) is 5.17 Å². The summed E-state index contributed by atoms with van der Waals surface area (Å²) < 4.78 is 38.5. The normalized spacial score (nSPS) is 16.9. The van der Waals surface area contributed by atoms with E-state index in [4.69, 9.17) is 11.6 Å². The number of hydrogen-bond acceptors (Lipinski definition) is 5. The average molecular weight is 709 g/mol. The van der Waals surface area contributed by atoms with Crippen molar-refractivity contribution in [2.75, 3.05) is 37.3 Å². The summed E-state index contributed by atoms with van der Waals surface area (Å²) in [5, 5.41) is 3.84. The number of anilines is 1. The predicted octanol–water partition coefficient (Wildman–Crippen LogP) is 8.46. The summed E-state index contributed by atoms with van der Waals surface area (Å²) in [5.74, 6) is 1.50. The van der Waals surface area contributed by atoms with E-state index in [1.54, 1.807) is 32.2 Å². The lowest BCUT2D eigenvalue weighted by Crippen LogP contribution is -2.38. The van der Waals surface area contributed by atoms with E-state index in [0.717, 1.165) is 62.3 Å². The van der Waals surface area contributed by atoms with Crippen LogP contribution in [-0.2, 0) is 4.79 Å². The van der Waals surface area contributed by atoms with Crippen molar-refractivity contribution in [1.82, 2.24) is 10.2 Å². The van der Waals surface area contributed by atoms with E-state index < -0.39 is 12.4 Å². The number of amides is 3. The van der Waals surface area contributed by atoms with Crippen molar-refractivity contribution in [2.24, 2.45) is 20.9 Å². The molecule has 2 aromatic rings. The molecule has 2 aliphatic rings. The number of rotatable bonds is 8. The van der Waals surface area contributed by atoms with Crippen LogP contribution >= 0.6 is 23.4 Å². The van der Waals surface area contributed by atoms with Crippen LogP contribution in [0.15, 0.2) is 57.4 Å². The fourth-order valence-corrected chi connectivity index (χ4v) is 6.13.